The van der Waals surface area contributed by atoms with Crippen molar-refractivity contribution in [1.29, 1.82) is 0 Å². The summed E-state index contributed by atoms with van der Waals surface area (Å²) in [6, 6.07) is 4.23. The first kappa shape index (κ1) is 12.0. The summed E-state index contributed by atoms with van der Waals surface area (Å²) in [5.74, 6) is 0.116. The Labute approximate surface area is 102 Å². The molecular weight excluding hydrogens is 214 g/mol. The van der Waals surface area contributed by atoms with Crippen LogP contribution in [0, 0.1) is 6.92 Å². The quantitative estimate of drug-likeness (QED) is 0.835. The van der Waals surface area contributed by atoms with Gasteiger partial charge in [0, 0.05) is 31.0 Å². The maximum atomic E-state index is 12.3. The van der Waals surface area contributed by atoms with Crippen molar-refractivity contribution in [1.82, 2.24) is 15.2 Å². The summed E-state index contributed by atoms with van der Waals surface area (Å²) in [6.45, 7) is 3.55. The van der Waals surface area contributed by atoms with Gasteiger partial charge < -0.3 is 10.2 Å². The van der Waals surface area contributed by atoms with Crippen LogP contribution in [-0.2, 0) is 0 Å². The normalized spacial score (nSPS) is 17.2. The maximum absolute atomic E-state index is 12.3. The summed E-state index contributed by atoms with van der Waals surface area (Å²) in [4.78, 5) is 18.4. The van der Waals surface area contributed by atoms with Crippen LogP contribution in [0.1, 0.15) is 28.9 Å². The van der Waals surface area contributed by atoms with Gasteiger partial charge in [0.2, 0.25) is 0 Å². The van der Waals surface area contributed by atoms with E-state index in [-0.39, 0.29) is 5.91 Å². The highest BCUT2D eigenvalue weighted by molar-refractivity contribution is 5.95. The minimum absolute atomic E-state index is 0.116. The highest BCUT2D eigenvalue weighted by Gasteiger charge is 2.23. The first-order valence-corrected chi connectivity index (χ1v) is 6.10. The second kappa shape index (κ2) is 5.27. The Hall–Kier alpha value is -1.42. The fraction of sp³-hybridized carbons (Fsp3) is 0.538. The van der Waals surface area contributed by atoms with Gasteiger partial charge in [-0.25, -0.2) is 0 Å². The van der Waals surface area contributed by atoms with E-state index in [4.69, 9.17) is 0 Å². The highest BCUT2D eigenvalue weighted by Crippen LogP contribution is 2.14. The molecule has 1 aliphatic heterocycles. The van der Waals surface area contributed by atoms with Gasteiger partial charge in [-0.15, -0.1) is 0 Å². The molecule has 0 unspecified atom stereocenters. The zero-order valence-corrected chi connectivity index (χ0v) is 10.4. The fourth-order valence-electron chi connectivity index (χ4n) is 2.25. The standard InChI is InChI=1S/C13H19N3O/c1-10-12(4-3-7-15-10)13(17)16-8-5-11(14-2)6-9-16/h3-4,7,11,14H,5-6,8-9H2,1-2H3. The molecule has 0 radical (unpaired) electrons. The van der Waals surface area contributed by atoms with E-state index >= 15 is 0 Å². The lowest BCUT2D eigenvalue weighted by molar-refractivity contribution is 0.0706. The van der Waals surface area contributed by atoms with Crippen LogP contribution in [-0.4, -0.2) is 42.0 Å². The van der Waals surface area contributed by atoms with Crippen molar-refractivity contribution in [2.75, 3.05) is 20.1 Å². The van der Waals surface area contributed by atoms with Gasteiger partial charge in [-0.2, -0.15) is 0 Å². The van der Waals surface area contributed by atoms with Crippen molar-refractivity contribution in [2.45, 2.75) is 25.8 Å². The van der Waals surface area contributed by atoms with Crippen molar-refractivity contribution in [2.24, 2.45) is 0 Å². The second-order valence-electron chi connectivity index (χ2n) is 4.49. The lowest BCUT2D eigenvalue weighted by Gasteiger charge is -2.32. The Morgan fingerprint density at radius 3 is 2.76 bits per heavy atom. The van der Waals surface area contributed by atoms with Crippen LogP contribution in [0.25, 0.3) is 0 Å². The molecule has 17 heavy (non-hydrogen) atoms. The van der Waals surface area contributed by atoms with Crippen LogP contribution in [0.15, 0.2) is 18.3 Å². The third-order valence-electron chi connectivity index (χ3n) is 3.43. The molecule has 1 N–H and O–H groups in total. The molecule has 1 amide bonds. The summed E-state index contributed by atoms with van der Waals surface area (Å²) >= 11 is 0. The van der Waals surface area contributed by atoms with E-state index in [2.05, 4.69) is 10.3 Å². The van der Waals surface area contributed by atoms with Gasteiger partial charge in [-0.1, -0.05) is 0 Å². The van der Waals surface area contributed by atoms with Crippen LogP contribution < -0.4 is 5.32 Å². The molecule has 1 aromatic heterocycles. The summed E-state index contributed by atoms with van der Waals surface area (Å²) in [5, 5.41) is 3.26. The first-order valence-electron chi connectivity index (χ1n) is 6.10. The first-order chi connectivity index (χ1) is 8.22. The van der Waals surface area contributed by atoms with Crippen LogP contribution in [0.3, 0.4) is 0 Å². The largest absolute Gasteiger partial charge is 0.338 e. The van der Waals surface area contributed by atoms with Crippen molar-refractivity contribution in [3.63, 3.8) is 0 Å². The van der Waals surface area contributed by atoms with Crippen molar-refractivity contribution in [3.8, 4) is 0 Å². The number of amides is 1. The van der Waals surface area contributed by atoms with E-state index in [1.807, 2.05) is 31.0 Å². The fourth-order valence-corrected chi connectivity index (χ4v) is 2.25. The summed E-state index contributed by atoms with van der Waals surface area (Å²) in [7, 11) is 1.98. The average molecular weight is 233 g/mol. The van der Waals surface area contributed by atoms with Crippen molar-refractivity contribution < 1.29 is 4.79 Å². The van der Waals surface area contributed by atoms with E-state index in [1.54, 1.807) is 6.20 Å². The number of aryl methyl sites for hydroxylation is 1. The van der Waals surface area contributed by atoms with Crippen LogP contribution in [0.4, 0.5) is 0 Å². The number of nitrogens with one attached hydrogen (secondary N) is 1. The molecule has 0 aliphatic carbocycles. The molecule has 2 rings (SSSR count). The van der Waals surface area contributed by atoms with Crippen molar-refractivity contribution >= 4 is 5.91 Å². The molecule has 4 heteroatoms. The average Bonchev–Trinajstić information content (AvgIpc) is 2.39. The van der Waals surface area contributed by atoms with Crippen LogP contribution >= 0.6 is 0 Å². The van der Waals surface area contributed by atoms with Gasteiger partial charge in [0.25, 0.3) is 5.91 Å². The number of piperidine rings is 1. The molecule has 92 valence electrons. The zero-order chi connectivity index (χ0) is 12.3. The molecular formula is C13H19N3O. The number of carbonyl (C=O) groups excluding carboxylic acids is 1. The Morgan fingerprint density at radius 1 is 1.47 bits per heavy atom. The molecule has 0 aromatic carbocycles. The van der Waals surface area contributed by atoms with Gasteiger partial charge >= 0.3 is 0 Å². The van der Waals surface area contributed by atoms with Crippen molar-refractivity contribution in [3.05, 3.63) is 29.6 Å². The summed E-state index contributed by atoms with van der Waals surface area (Å²) in [6.07, 6.45) is 3.78. The number of nitrogens with zero attached hydrogens (tertiary/aromatic N) is 2. The maximum Gasteiger partial charge on any atom is 0.255 e. The van der Waals surface area contributed by atoms with Gasteiger partial charge in [-0.05, 0) is 38.9 Å². The SMILES string of the molecule is CNC1CCN(C(=O)c2cccnc2C)CC1. The molecule has 1 aliphatic rings. The minimum Gasteiger partial charge on any atom is -0.338 e. The van der Waals surface area contributed by atoms with E-state index < -0.39 is 0 Å². The molecule has 0 atom stereocenters. The number of aromatic nitrogens is 1. The number of hydrogen-bond donors (Lipinski definition) is 1. The molecule has 0 bridgehead atoms. The van der Waals surface area contributed by atoms with Gasteiger partial charge in [0.1, 0.15) is 0 Å². The lowest BCUT2D eigenvalue weighted by atomic mass is 10.0. The predicted molar refractivity (Wildman–Crippen MR) is 67.0 cm³/mol. The number of carbonyl (C=O) groups is 1. The van der Waals surface area contributed by atoms with Gasteiger partial charge in [-0.3, -0.25) is 9.78 Å². The Morgan fingerprint density at radius 2 is 2.18 bits per heavy atom. The van der Waals surface area contributed by atoms with Gasteiger partial charge in [0.15, 0.2) is 0 Å². The van der Waals surface area contributed by atoms with Crippen LogP contribution in [0.2, 0.25) is 0 Å². The smallest absolute Gasteiger partial charge is 0.255 e. The monoisotopic (exact) mass is 233 g/mol. The van der Waals surface area contributed by atoms with Crippen LogP contribution in [0.5, 0.6) is 0 Å². The highest BCUT2D eigenvalue weighted by atomic mass is 16.2. The Bertz CT molecular complexity index is 397. The predicted octanol–water partition coefficient (Wildman–Crippen LogP) is 1.21. The molecule has 4 nitrogen and oxygen atoms in total. The van der Waals surface area contributed by atoms with E-state index in [9.17, 15) is 4.79 Å². The number of pyridine rings is 1. The topological polar surface area (TPSA) is 45.2 Å². The molecule has 1 aromatic rings. The third kappa shape index (κ3) is 2.64. The van der Waals surface area contributed by atoms with Gasteiger partial charge in [0.05, 0.1) is 5.56 Å². The molecule has 0 saturated carbocycles. The molecule has 1 fully saturated rings. The Kier molecular flexibility index (Phi) is 3.74. The number of hydrogen-bond acceptors (Lipinski definition) is 3. The zero-order valence-electron chi connectivity index (χ0n) is 10.4. The number of likely N-dealkylation sites (tertiary alicyclic amines) is 1. The summed E-state index contributed by atoms with van der Waals surface area (Å²) < 4.78 is 0. The van der Waals surface area contributed by atoms with E-state index in [0.717, 1.165) is 37.2 Å². The Balaban J connectivity index is 2.04. The number of rotatable bonds is 2. The second-order valence-corrected chi connectivity index (χ2v) is 4.49. The minimum atomic E-state index is 0.116. The third-order valence-corrected chi connectivity index (χ3v) is 3.43. The lowest BCUT2D eigenvalue weighted by Crippen LogP contribution is -2.44. The molecule has 0 spiro atoms. The van der Waals surface area contributed by atoms with E-state index in [0.29, 0.717) is 6.04 Å². The summed E-state index contributed by atoms with van der Waals surface area (Å²) in [5.41, 5.74) is 1.55. The van der Waals surface area contributed by atoms with E-state index in [1.165, 1.54) is 0 Å². The molecule has 1 saturated heterocycles. The molecule has 2 heterocycles.